The van der Waals surface area contributed by atoms with E-state index in [1.165, 1.54) is 29.2 Å². The van der Waals surface area contributed by atoms with Gasteiger partial charge in [0.2, 0.25) is 5.95 Å². The van der Waals surface area contributed by atoms with Gasteiger partial charge in [0.25, 0.3) is 0 Å². The number of aromatic nitrogens is 4. The normalized spacial score (nSPS) is 12.2. The highest BCUT2D eigenvalue weighted by Gasteiger charge is 2.35. The summed E-state index contributed by atoms with van der Waals surface area (Å²) in [6.45, 7) is 3.47. The number of alkyl halides is 3. The molecule has 3 rings (SSSR count). The summed E-state index contributed by atoms with van der Waals surface area (Å²) in [6.07, 6.45) is -0.695. The Kier molecular flexibility index (Phi) is 5.84. The van der Waals surface area contributed by atoms with Crippen LogP contribution < -0.4 is 5.32 Å². The van der Waals surface area contributed by atoms with Crippen LogP contribution in [0.2, 0.25) is 0 Å². The predicted octanol–water partition coefficient (Wildman–Crippen LogP) is 4.13. The van der Waals surface area contributed by atoms with Gasteiger partial charge in [0, 0.05) is 30.7 Å². The number of nitrogens with zero attached hydrogens (tertiary/aromatic N) is 4. The number of anilines is 2. The molecule has 0 fully saturated rings. The van der Waals surface area contributed by atoms with Crippen LogP contribution in [0.5, 0.6) is 0 Å². The molecule has 0 bridgehead atoms. The number of benzene rings is 1. The van der Waals surface area contributed by atoms with Crippen LogP contribution in [0.15, 0.2) is 41.7 Å². The zero-order chi connectivity index (χ0) is 22.1. The first kappa shape index (κ1) is 21.8. The Hall–Kier alpha value is -2.95. The maximum atomic E-state index is 13.4. The Morgan fingerprint density at radius 3 is 2.50 bits per heavy atom. The first-order valence-corrected chi connectivity index (χ1v) is 10.7. The zero-order valence-corrected chi connectivity index (χ0v) is 17.3. The lowest BCUT2D eigenvalue weighted by Crippen LogP contribution is -2.11. The molecular weight excluding hydrogens is 419 g/mol. The van der Waals surface area contributed by atoms with Gasteiger partial charge in [-0.1, -0.05) is 6.92 Å². The van der Waals surface area contributed by atoms with Gasteiger partial charge in [-0.3, -0.25) is 4.68 Å². The van der Waals surface area contributed by atoms with Crippen LogP contribution in [0.1, 0.15) is 24.5 Å². The van der Waals surface area contributed by atoms with Gasteiger partial charge in [-0.25, -0.2) is 18.4 Å². The molecule has 0 aliphatic rings. The van der Waals surface area contributed by atoms with Crippen molar-refractivity contribution >= 4 is 21.5 Å². The maximum Gasteiger partial charge on any atom is 0.419 e. The molecule has 11 heteroatoms. The van der Waals surface area contributed by atoms with Crippen molar-refractivity contribution in [2.45, 2.75) is 31.3 Å². The summed E-state index contributed by atoms with van der Waals surface area (Å²) in [5.74, 6) is -0.00971. The number of aryl methyl sites for hydroxylation is 2. The second-order valence-electron chi connectivity index (χ2n) is 6.78. The number of sulfone groups is 1. The third-order valence-corrected chi connectivity index (χ3v) is 6.27. The Morgan fingerprint density at radius 2 is 1.93 bits per heavy atom. The van der Waals surface area contributed by atoms with Crippen molar-refractivity contribution in [1.29, 1.82) is 0 Å². The minimum absolute atomic E-state index is 0.0374. The molecule has 0 aliphatic heterocycles. The molecule has 0 saturated heterocycles. The second kappa shape index (κ2) is 8.05. The molecule has 0 aliphatic carbocycles. The average Bonchev–Trinajstić information content (AvgIpc) is 3.08. The van der Waals surface area contributed by atoms with E-state index in [1.54, 1.807) is 27.0 Å². The van der Waals surface area contributed by atoms with E-state index in [9.17, 15) is 21.6 Å². The summed E-state index contributed by atoms with van der Waals surface area (Å²) in [5.41, 5.74) is 0.0145. The summed E-state index contributed by atoms with van der Waals surface area (Å²) in [5, 5.41) is 6.77. The van der Waals surface area contributed by atoms with Gasteiger partial charge >= 0.3 is 6.18 Å². The highest BCUT2D eigenvalue weighted by atomic mass is 32.2. The van der Waals surface area contributed by atoms with Gasteiger partial charge in [0.1, 0.15) is 5.56 Å². The van der Waals surface area contributed by atoms with Crippen LogP contribution in [0.25, 0.3) is 11.3 Å². The third-order valence-electron chi connectivity index (χ3n) is 4.35. The van der Waals surface area contributed by atoms with E-state index in [0.717, 1.165) is 0 Å². The fourth-order valence-electron chi connectivity index (χ4n) is 2.89. The number of hydrogen-bond donors (Lipinski definition) is 1. The highest BCUT2D eigenvalue weighted by molar-refractivity contribution is 7.91. The molecule has 0 saturated carbocycles. The Bertz CT molecular complexity index is 1170. The maximum absolute atomic E-state index is 13.4. The van der Waals surface area contributed by atoms with E-state index in [-0.39, 0.29) is 27.9 Å². The fraction of sp³-hybridized carbons (Fsp3) is 0.316. The molecule has 30 heavy (non-hydrogen) atoms. The molecule has 0 amide bonds. The summed E-state index contributed by atoms with van der Waals surface area (Å²) in [6, 6.07) is 4.51. The largest absolute Gasteiger partial charge is 0.419 e. The van der Waals surface area contributed by atoms with E-state index < -0.39 is 21.6 Å². The minimum atomic E-state index is -4.63. The Balaban J connectivity index is 1.98. The quantitative estimate of drug-likeness (QED) is 0.621. The molecule has 160 valence electrons. The molecule has 0 spiro atoms. The van der Waals surface area contributed by atoms with Crippen molar-refractivity contribution in [3.63, 3.8) is 0 Å². The smallest absolute Gasteiger partial charge is 0.324 e. The topological polar surface area (TPSA) is 89.8 Å². The van der Waals surface area contributed by atoms with Crippen LogP contribution in [0.3, 0.4) is 0 Å². The number of halogens is 3. The molecule has 1 N–H and O–H groups in total. The summed E-state index contributed by atoms with van der Waals surface area (Å²) in [4.78, 5) is 8.02. The van der Waals surface area contributed by atoms with Crippen LogP contribution in [-0.2, 0) is 23.1 Å². The molecule has 7 nitrogen and oxygen atoms in total. The van der Waals surface area contributed by atoms with Gasteiger partial charge in [0.05, 0.1) is 22.5 Å². The molecule has 3 aromatic rings. The molecule has 2 heterocycles. The van der Waals surface area contributed by atoms with Crippen LogP contribution in [0.4, 0.5) is 24.8 Å². The monoisotopic (exact) mass is 439 g/mol. The zero-order valence-electron chi connectivity index (χ0n) is 16.5. The number of nitrogens with one attached hydrogen (secondary N) is 1. The molecule has 1 aromatic carbocycles. The van der Waals surface area contributed by atoms with E-state index in [4.69, 9.17) is 0 Å². The first-order chi connectivity index (χ1) is 14.0. The van der Waals surface area contributed by atoms with Crippen molar-refractivity contribution in [3.8, 4) is 11.3 Å². The van der Waals surface area contributed by atoms with Gasteiger partial charge < -0.3 is 5.32 Å². The third kappa shape index (κ3) is 4.61. The van der Waals surface area contributed by atoms with Crippen LogP contribution in [0, 0.1) is 6.92 Å². The molecular formula is C19H20F3N5O2S. The molecule has 0 atom stereocenters. The Morgan fingerprint density at radius 1 is 1.20 bits per heavy atom. The van der Waals surface area contributed by atoms with Crippen LogP contribution in [-0.4, -0.2) is 33.9 Å². The van der Waals surface area contributed by atoms with Crippen LogP contribution >= 0.6 is 0 Å². The van der Waals surface area contributed by atoms with Crippen molar-refractivity contribution in [2.24, 2.45) is 7.05 Å². The lowest BCUT2D eigenvalue weighted by atomic mass is 10.1. The summed E-state index contributed by atoms with van der Waals surface area (Å²) < 4.78 is 66.0. The van der Waals surface area contributed by atoms with Gasteiger partial charge in [-0.15, -0.1) is 0 Å². The van der Waals surface area contributed by atoms with E-state index in [2.05, 4.69) is 20.4 Å². The van der Waals surface area contributed by atoms with Crippen molar-refractivity contribution in [1.82, 2.24) is 19.7 Å². The second-order valence-corrected chi connectivity index (χ2v) is 8.89. The van der Waals surface area contributed by atoms with Crippen molar-refractivity contribution in [2.75, 3.05) is 11.1 Å². The average molecular weight is 439 g/mol. The first-order valence-electron chi connectivity index (χ1n) is 9.05. The summed E-state index contributed by atoms with van der Waals surface area (Å²) >= 11 is 0. The fourth-order valence-corrected chi connectivity index (χ4v) is 4.29. The van der Waals surface area contributed by atoms with Crippen molar-refractivity contribution in [3.05, 3.63) is 47.9 Å². The number of rotatable bonds is 6. The standard InChI is InChI=1S/C19H20F3N5O2S/c1-4-7-30(28,29)14-5-6-16(12(2)8-14)25-18-23-10-15(19(20,21)22)17(26-18)13-9-24-27(3)11-13/h5-6,8-11H,4,7H2,1-3H3,(H,23,25,26). The number of hydrogen-bond acceptors (Lipinski definition) is 6. The van der Waals surface area contributed by atoms with E-state index in [1.807, 2.05) is 0 Å². The lowest BCUT2D eigenvalue weighted by molar-refractivity contribution is -0.137. The SMILES string of the molecule is CCCS(=O)(=O)c1ccc(Nc2ncc(C(F)(F)F)c(-c3cnn(C)c3)n2)c(C)c1. The predicted molar refractivity (Wildman–Crippen MR) is 106 cm³/mol. The van der Waals surface area contributed by atoms with Gasteiger partial charge in [-0.05, 0) is 37.1 Å². The van der Waals surface area contributed by atoms with Gasteiger partial charge in [-0.2, -0.15) is 18.3 Å². The lowest BCUT2D eigenvalue weighted by Gasteiger charge is -2.14. The van der Waals surface area contributed by atoms with E-state index in [0.29, 0.717) is 23.9 Å². The molecule has 0 unspecified atom stereocenters. The highest BCUT2D eigenvalue weighted by Crippen LogP contribution is 2.36. The van der Waals surface area contributed by atoms with Crippen molar-refractivity contribution < 1.29 is 21.6 Å². The Labute approximate surface area is 171 Å². The molecule has 2 aromatic heterocycles. The van der Waals surface area contributed by atoms with Gasteiger partial charge in [0.15, 0.2) is 9.84 Å². The van der Waals surface area contributed by atoms with E-state index >= 15 is 0 Å². The summed E-state index contributed by atoms with van der Waals surface area (Å²) in [7, 11) is -1.79. The molecule has 0 radical (unpaired) electrons. The minimum Gasteiger partial charge on any atom is -0.324 e.